The topological polar surface area (TPSA) is 33.5 Å². The first kappa shape index (κ1) is 19.3. The van der Waals surface area contributed by atoms with Gasteiger partial charge in [-0.2, -0.15) is 13.2 Å². The van der Waals surface area contributed by atoms with Crippen LogP contribution in [-0.2, 0) is 17.5 Å². The van der Waals surface area contributed by atoms with E-state index in [2.05, 4.69) is 5.32 Å². The molecule has 0 aromatic heterocycles. The Bertz CT molecular complexity index is 717. The number of nitrogens with one attached hydrogen (secondary N) is 2. The van der Waals surface area contributed by atoms with Crippen LogP contribution in [0.2, 0.25) is 0 Å². The number of likely N-dealkylation sites (N-methyl/N-ethyl adjacent to an activating group) is 1. The predicted octanol–water partition coefficient (Wildman–Crippen LogP) is 3.08. The Labute approximate surface area is 149 Å². The molecule has 0 saturated heterocycles. The maximum atomic E-state index is 12.7. The average Bonchev–Trinajstić information content (AvgIpc) is 2.54. The lowest BCUT2D eigenvalue weighted by atomic mass is 10.2. The molecule has 134 valence electrons. The SMILES string of the molecule is CSc1ccc(C[NH+](C)CC(=O)Nc2cccc(C(F)(F)F)c2)cc1. The van der Waals surface area contributed by atoms with Crippen LogP contribution in [0.4, 0.5) is 18.9 Å². The maximum absolute atomic E-state index is 12.7. The molecule has 0 heterocycles. The standard InChI is InChI=1S/C18H19F3N2OS/c1-23(11-13-6-8-16(25-2)9-7-13)12-17(24)22-15-5-3-4-14(10-15)18(19,20)21/h3-10H,11-12H2,1-2H3,(H,22,24)/p+1. The van der Waals surface area contributed by atoms with Gasteiger partial charge in [0.2, 0.25) is 0 Å². The Morgan fingerprint density at radius 1 is 1.16 bits per heavy atom. The molecule has 1 amide bonds. The fourth-order valence-corrected chi connectivity index (χ4v) is 2.82. The largest absolute Gasteiger partial charge is 0.416 e. The molecule has 0 radical (unpaired) electrons. The second-order valence-corrected chi connectivity index (χ2v) is 6.67. The van der Waals surface area contributed by atoms with Crippen LogP contribution < -0.4 is 10.2 Å². The van der Waals surface area contributed by atoms with E-state index in [9.17, 15) is 18.0 Å². The van der Waals surface area contributed by atoms with E-state index >= 15 is 0 Å². The Morgan fingerprint density at radius 3 is 2.44 bits per heavy atom. The smallest absolute Gasteiger partial charge is 0.326 e. The van der Waals surface area contributed by atoms with Crippen LogP contribution in [0.1, 0.15) is 11.1 Å². The molecular weight excluding hydrogens is 349 g/mol. The monoisotopic (exact) mass is 369 g/mol. The van der Waals surface area contributed by atoms with E-state index < -0.39 is 11.7 Å². The molecule has 0 spiro atoms. The third-order valence-corrected chi connectivity index (χ3v) is 4.34. The van der Waals surface area contributed by atoms with Gasteiger partial charge in [0.05, 0.1) is 12.6 Å². The van der Waals surface area contributed by atoms with Crippen molar-refractivity contribution < 1.29 is 22.9 Å². The molecule has 0 aliphatic carbocycles. The molecule has 25 heavy (non-hydrogen) atoms. The van der Waals surface area contributed by atoms with Crippen LogP contribution in [0.15, 0.2) is 53.4 Å². The van der Waals surface area contributed by atoms with Gasteiger partial charge in [-0.3, -0.25) is 4.79 Å². The van der Waals surface area contributed by atoms with E-state index in [0.29, 0.717) is 6.54 Å². The van der Waals surface area contributed by atoms with Crippen molar-refractivity contribution in [1.82, 2.24) is 0 Å². The van der Waals surface area contributed by atoms with Crippen molar-refractivity contribution >= 4 is 23.4 Å². The van der Waals surface area contributed by atoms with Crippen LogP contribution in [-0.4, -0.2) is 25.8 Å². The van der Waals surface area contributed by atoms with E-state index in [1.807, 2.05) is 37.6 Å². The van der Waals surface area contributed by atoms with E-state index in [1.54, 1.807) is 11.8 Å². The van der Waals surface area contributed by atoms with Crippen molar-refractivity contribution in [3.63, 3.8) is 0 Å². The fraction of sp³-hybridized carbons (Fsp3) is 0.278. The summed E-state index contributed by atoms with van der Waals surface area (Å²) in [6.07, 6.45) is -2.42. The molecule has 1 atom stereocenters. The van der Waals surface area contributed by atoms with Crippen molar-refractivity contribution in [2.24, 2.45) is 0 Å². The Balaban J connectivity index is 1.90. The molecule has 2 aromatic rings. The van der Waals surface area contributed by atoms with E-state index in [-0.39, 0.29) is 18.1 Å². The molecule has 2 aromatic carbocycles. The van der Waals surface area contributed by atoms with Crippen LogP contribution in [0, 0.1) is 0 Å². The molecule has 7 heteroatoms. The second-order valence-electron chi connectivity index (χ2n) is 5.79. The number of quaternary nitrogens is 1. The highest BCUT2D eigenvalue weighted by molar-refractivity contribution is 7.98. The van der Waals surface area contributed by atoms with Gasteiger partial charge in [0.1, 0.15) is 6.54 Å². The van der Waals surface area contributed by atoms with Crippen LogP contribution in [0.5, 0.6) is 0 Å². The van der Waals surface area contributed by atoms with Crippen molar-refractivity contribution in [1.29, 1.82) is 0 Å². The van der Waals surface area contributed by atoms with E-state index in [0.717, 1.165) is 22.6 Å². The zero-order valence-corrected chi connectivity index (χ0v) is 14.8. The average molecular weight is 369 g/mol. The van der Waals surface area contributed by atoms with Gasteiger partial charge in [0.25, 0.3) is 5.91 Å². The molecule has 1 unspecified atom stereocenters. The molecule has 2 N–H and O–H groups in total. The van der Waals surface area contributed by atoms with Crippen molar-refractivity contribution in [2.45, 2.75) is 17.6 Å². The number of hydrogen-bond acceptors (Lipinski definition) is 2. The highest BCUT2D eigenvalue weighted by Crippen LogP contribution is 2.30. The van der Waals surface area contributed by atoms with Gasteiger partial charge in [0.15, 0.2) is 6.54 Å². The quantitative estimate of drug-likeness (QED) is 0.768. The molecule has 2 rings (SSSR count). The molecule has 0 saturated carbocycles. The number of amides is 1. The van der Waals surface area contributed by atoms with E-state index in [4.69, 9.17) is 0 Å². The van der Waals surface area contributed by atoms with Gasteiger partial charge in [-0.05, 0) is 36.6 Å². The predicted molar refractivity (Wildman–Crippen MR) is 93.8 cm³/mol. The highest BCUT2D eigenvalue weighted by Gasteiger charge is 2.30. The number of alkyl halides is 3. The summed E-state index contributed by atoms with van der Waals surface area (Å²) in [7, 11) is 1.87. The van der Waals surface area contributed by atoms with Gasteiger partial charge >= 0.3 is 6.18 Å². The summed E-state index contributed by atoms with van der Waals surface area (Å²) in [4.78, 5) is 14.2. The maximum Gasteiger partial charge on any atom is 0.416 e. The summed E-state index contributed by atoms with van der Waals surface area (Å²) >= 11 is 1.66. The number of thioether (sulfide) groups is 1. The first-order chi connectivity index (χ1) is 11.8. The fourth-order valence-electron chi connectivity index (χ4n) is 2.41. The van der Waals surface area contributed by atoms with Crippen molar-refractivity contribution in [3.05, 3.63) is 59.7 Å². The number of benzene rings is 2. The Hall–Kier alpha value is -1.99. The minimum atomic E-state index is -4.42. The number of carbonyl (C=O) groups is 1. The zero-order chi connectivity index (χ0) is 18.4. The summed E-state index contributed by atoms with van der Waals surface area (Å²) in [5.41, 5.74) is 0.471. The number of anilines is 1. The first-order valence-corrected chi connectivity index (χ1v) is 8.92. The van der Waals surface area contributed by atoms with Gasteiger partial charge in [-0.15, -0.1) is 11.8 Å². The summed E-state index contributed by atoms with van der Waals surface area (Å²) in [5, 5.41) is 2.53. The summed E-state index contributed by atoms with van der Waals surface area (Å²) in [5.74, 6) is -0.322. The lowest BCUT2D eigenvalue weighted by molar-refractivity contribution is -0.885. The lowest BCUT2D eigenvalue weighted by Crippen LogP contribution is -3.08. The van der Waals surface area contributed by atoms with Gasteiger partial charge in [-0.25, -0.2) is 0 Å². The Kier molecular flexibility index (Phi) is 6.50. The number of hydrogen-bond donors (Lipinski definition) is 2. The molecule has 3 nitrogen and oxygen atoms in total. The van der Waals surface area contributed by atoms with Crippen LogP contribution in [0.25, 0.3) is 0 Å². The number of carbonyl (C=O) groups excluding carboxylic acids is 1. The third kappa shape index (κ3) is 6.10. The summed E-state index contributed by atoms with van der Waals surface area (Å²) in [6.45, 7) is 0.825. The molecule has 0 aliphatic rings. The zero-order valence-electron chi connectivity index (χ0n) is 14.0. The van der Waals surface area contributed by atoms with Crippen LogP contribution in [0.3, 0.4) is 0 Å². The first-order valence-electron chi connectivity index (χ1n) is 7.69. The number of halogens is 3. The minimum absolute atomic E-state index is 0.150. The summed E-state index contributed by atoms with van der Waals surface area (Å²) < 4.78 is 38.1. The molecule has 0 fully saturated rings. The van der Waals surface area contributed by atoms with Gasteiger partial charge in [0, 0.05) is 16.1 Å². The molecular formula is C18H20F3N2OS+. The highest BCUT2D eigenvalue weighted by atomic mass is 32.2. The molecule has 0 bridgehead atoms. The van der Waals surface area contributed by atoms with Crippen LogP contribution >= 0.6 is 11.8 Å². The third-order valence-electron chi connectivity index (χ3n) is 3.60. The van der Waals surface area contributed by atoms with Gasteiger partial charge in [-0.1, -0.05) is 18.2 Å². The molecule has 0 aliphatic heterocycles. The van der Waals surface area contributed by atoms with E-state index in [1.165, 1.54) is 17.0 Å². The second kappa shape index (κ2) is 8.40. The summed E-state index contributed by atoms with van der Waals surface area (Å²) in [6, 6.07) is 12.7. The van der Waals surface area contributed by atoms with Gasteiger partial charge < -0.3 is 10.2 Å². The van der Waals surface area contributed by atoms with Crippen molar-refractivity contribution in [3.8, 4) is 0 Å². The lowest BCUT2D eigenvalue weighted by Gasteiger charge is -2.15. The normalized spacial score (nSPS) is 12.7. The van der Waals surface area contributed by atoms with Crippen molar-refractivity contribution in [2.75, 3.05) is 25.2 Å². The Morgan fingerprint density at radius 2 is 1.84 bits per heavy atom. The number of rotatable bonds is 6. The minimum Gasteiger partial charge on any atom is -0.326 e.